The highest BCUT2D eigenvalue weighted by atomic mass is 16.5. The first-order chi connectivity index (χ1) is 10.5. The van der Waals surface area contributed by atoms with Gasteiger partial charge in [-0.3, -0.25) is 9.59 Å². The Kier molecular flexibility index (Phi) is 3.42. The van der Waals surface area contributed by atoms with Crippen LogP contribution in [0.5, 0.6) is 0 Å². The average molecular weight is 300 g/mol. The molecule has 2 aromatic rings. The molecule has 1 aliphatic carbocycles. The number of carbonyl (C=O) groups excluding carboxylic acids is 2. The maximum Gasteiger partial charge on any atom is 0.260 e. The molecule has 1 saturated carbocycles. The first-order valence-electron chi connectivity index (χ1n) is 6.91. The fourth-order valence-corrected chi connectivity index (χ4v) is 1.97. The zero-order valence-corrected chi connectivity index (χ0v) is 12.1. The van der Waals surface area contributed by atoms with Crippen LogP contribution in [0.4, 0.5) is 11.4 Å². The van der Waals surface area contributed by atoms with Crippen molar-refractivity contribution >= 4 is 23.2 Å². The highest BCUT2D eigenvalue weighted by molar-refractivity contribution is 6.05. The normalized spacial score (nSPS) is 15.2. The molecular weight excluding hydrogens is 284 g/mol. The third kappa shape index (κ3) is 2.84. The van der Waals surface area contributed by atoms with Gasteiger partial charge in [-0.15, -0.1) is 0 Å². The van der Waals surface area contributed by atoms with Crippen molar-refractivity contribution in [2.45, 2.75) is 25.3 Å². The number of nitrogens with zero attached hydrogens (tertiary/aromatic N) is 1. The number of anilines is 2. The smallest absolute Gasteiger partial charge is 0.260 e. The minimum Gasteiger partial charge on any atom is -0.361 e. The Balaban J connectivity index is 1.63. The van der Waals surface area contributed by atoms with E-state index in [2.05, 4.69) is 15.8 Å². The topological polar surface area (TPSA) is 110 Å². The molecular formula is C15H16N4O3. The molecule has 1 aromatic heterocycles. The molecule has 0 bridgehead atoms. The van der Waals surface area contributed by atoms with Crippen LogP contribution in [-0.2, 0) is 4.79 Å². The van der Waals surface area contributed by atoms with Gasteiger partial charge in [0.25, 0.3) is 5.91 Å². The Morgan fingerprint density at radius 2 is 1.77 bits per heavy atom. The van der Waals surface area contributed by atoms with Gasteiger partial charge in [-0.2, -0.15) is 0 Å². The molecule has 0 unspecified atom stereocenters. The Hall–Kier alpha value is -2.67. The number of nitrogens with one attached hydrogen (secondary N) is 2. The molecule has 22 heavy (non-hydrogen) atoms. The van der Waals surface area contributed by atoms with Gasteiger partial charge in [0, 0.05) is 11.4 Å². The molecule has 0 atom stereocenters. The number of rotatable bonds is 4. The molecule has 7 nitrogen and oxygen atoms in total. The largest absolute Gasteiger partial charge is 0.361 e. The summed E-state index contributed by atoms with van der Waals surface area (Å²) in [6.07, 6.45) is 2.80. The standard InChI is InChI=1S/C15H16N4O3/c1-9-12(8-17-22-9)13(20)18-10-2-4-11(5-3-10)19-14(21)15(16)6-7-15/h2-5,8H,6-7,16H2,1H3,(H,18,20)(H,19,21). The van der Waals surface area contributed by atoms with Crippen LogP contribution < -0.4 is 16.4 Å². The van der Waals surface area contributed by atoms with E-state index in [1.54, 1.807) is 31.2 Å². The summed E-state index contributed by atoms with van der Waals surface area (Å²) in [5, 5.41) is 9.06. The van der Waals surface area contributed by atoms with Crippen molar-refractivity contribution in [3.63, 3.8) is 0 Å². The van der Waals surface area contributed by atoms with Gasteiger partial charge in [0.15, 0.2) is 0 Å². The van der Waals surface area contributed by atoms with E-state index in [4.69, 9.17) is 10.3 Å². The fourth-order valence-electron chi connectivity index (χ4n) is 1.97. The molecule has 114 valence electrons. The van der Waals surface area contributed by atoms with Gasteiger partial charge in [-0.05, 0) is 44.0 Å². The number of hydrogen-bond donors (Lipinski definition) is 3. The molecule has 1 aliphatic rings. The van der Waals surface area contributed by atoms with Crippen molar-refractivity contribution in [2.75, 3.05) is 10.6 Å². The predicted octanol–water partition coefficient (Wildman–Crippen LogP) is 1.67. The van der Waals surface area contributed by atoms with Crippen LogP contribution in [-0.4, -0.2) is 22.5 Å². The van der Waals surface area contributed by atoms with Gasteiger partial charge in [0.2, 0.25) is 5.91 Å². The maximum atomic E-state index is 12.0. The molecule has 4 N–H and O–H groups in total. The van der Waals surface area contributed by atoms with Crippen LogP contribution in [0.2, 0.25) is 0 Å². The van der Waals surface area contributed by atoms with Crippen molar-refractivity contribution < 1.29 is 14.1 Å². The Bertz CT molecular complexity index is 717. The van der Waals surface area contributed by atoms with Crippen molar-refractivity contribution in [1.29, 1.82) is 0 Å². The number of carbonyl (C=O) groups is 2. The molecule has 2 amide bonds. The molecule has 0 aliphatic heterocycles. The first kappa shape index (κ1) is 14.3. The monoisotopic (exact) mass is 300 g/mol. The second-order valence-corrected chi connectivity index (χ2v) is 5.44. The summed E-state index contributed by atoms with van der Waals surface area (Å²) in [4.78, 5) is 23.8. The van der Waals surface area contributed by atoms with E-state index in [9.17, 15) is 9.59 Å². The molecule has 1 aromatic carbocycles. The van der Waals surface area contributed by atoms with E-state index in [0.717, 1.165) is 0 Å². The Morgan fingerprint density at radius 1 is 1.18 bits per heavy atom. The zero-order chi connectivity index (χ0) is 15.7. The van der Waals surface area contributed by atoms with E-state index in [1.807, 2.05) is 0 Å². The number of nitrogens with two attached hydrogens (primary N) is 1. The van der Waals surface area contributed by atoms with Crippen LogP contribution in [0.3, 0.4) is 0 Å². The quantitative estimate of drug-likeness (QED) is 0.795. The average Bonchev–Trinajstić information content (AvgIpc) is 3.10. The van der Waals surface area contributed by atoms with Gasteiger partial charge in [-0.25, -0.2) is 0 Å². The third-order valence-corrected chi connectivity index (χ3v) is 3.64. The van der Waals surface area contributed by atoms with Crippen LogP contribution in [0.1, 0.15) is 29.0 Å². The second kappa shape index (κ2) is 5.27. The van der Waals surface area contributed by atoms with E-state index < -0.39 is 5.54 Å². The van der Waals surface area contributed by atoms with E-state index in [0.29, 0.717) is 35.5 Å². The lowest BCUT2D eigenvalue weighted by Crippen LogP contribution is -2.37. The number of benzene rings is 1. The van der Waals surface area contributed by atoms with Gasteiger partial charge >= 0.3 is 0 Å². The van der Waals surface area contributed by atoms with Crippen LogP contribution in [0.25, 0.3) is 0 Å². The summed E-state index contributed by atoms with van der Waals surface area (Å²) < 4.78 is 4.85. The zero-order valence-electron chi connectivity index (χ0n) is 12.1. The van der Waals surface area contributed by atoms with Crippen LogP contribution >= 0.6 is 0 Å². The van der Waals surface area contributed by atoms with Crippen molar-refractivity contribution in [2.24, 2.45) is 5.73 Å². The SMILES string of the molecule is Cc1oncc1C(=O)Nc1ccc(NC(=O)C2(N)CC2)cc1. The van der Waals surface area contributed by atoms with Crippen molar-refractivity contribution in [3.8, 4) is 0 Å². The number of aromatic nitrogens is 1. The molecule has 0 spiro atoms. The Labute approximate surface area is 126 Å². The minimum atomic E-state index is -0.710. The highest BCUT2D eigenvalue weighted by Gasteiger charge is 2.45. The van der Waals surface area contributed by atoms with Crippen LogP contribution in [0, 0.1) is 6.92 Å². The lowest BCUT2D eigenvalue weighted by atomic mass is 10.2. The molecule has 1 fully saturated rings. The van der Waals surface area contributed by atoms with Crippen molar-refractivity contribution in [3.05, 3.63) is 41.8 Å². The van der Waals surface area contributed by atoms with Gasteiger partial charge in [-0.1, -0.05) is 5.16 Å². The van der Waals surface area contributed by atoms with E-state index in [1.165, 1.54) is 6.20 Å². The lowest BCUT2D eigenvalue weighted by Gasteiger charge is -2.10. The predicted molar refractivity (Wildman–Crippen MR) is 80.4 cm³/mol. The second-order valence-electron chi connectivity index (χ2n) is 5.44. The van der Waals surface area contributed by atoms with Gasteiger partial charge < -0.3 is 20.9 Å². The first-order valence-corrected chi connectivity index (χ1v) is 6.91. The van der Waals surface area contributed by atoms with Crippen molar-refractivity contribution in [1.82, 2.24) is 5.16 Å². The summed E-state index contributed by atoms with van der Waals surface area (Å²) in [7, 11) is 0. The summed E-state index contributed by atoms with van der Waals surface area (Å²) >= 11 is 0. The number of hydrogen-bond acceptors (Lipinski definition) is 5. The fraction of sp³-hybridized carbons (Fsp3) is 0.267. The Morgan fingerprint density at radius 3 is 2.27 bits per heavy atom. The summed E-state index contributed by atoms with van der Waals surface area (Å²) in [6, 6.07) is 6.82. The molecule has 0 radical (unpaired) electrons. The number of amides is 2. The summed E-state index contributed by atoms with van der Waals surface area (Å²) in [6.45, 7) is 1.67. The summed E-state index contributed by atoms with van der Waals surface area (Å²) in [5.41, 5.74) is 6.74. The molecule has 0 saturated heterocycles. The van der Waals surface area contributed by atoms with E-state index in [-0.39, 0.29) is 11.8 Å². The maximum absolute atomic E-state index is 12.0. The highest BCUT2D eigenvalue weighted by Crippen LogP contribution is 2.33. The van der Waals surface area contributed by atoms with Gasteiger partial charge in [0.05, 0.1) is 11.7 Å². The lowest BCUT2D eigenvalue weighted by molar-refractivity contribution is -0.118. The molecule has 1 heterocycles. The van der Waals surface area contributed by atoms with Gasteiger partial charge in [0.1, 0.15) is 11.3 Å². The summed E-state index contributed by atoms with van der Waals surface area (Å²) in [5.74, 6) is -0.0159. The van der Waals surface area contributed by atoms with Crippen LogP contribution in [0.15, 0.2) is 35.0 Å². The van der Waals surface area contributed by atoms with E-state index >= 15 is 0 Å². The minimum absolute atomic E-state index is 0.176. The molecule has 3 rings (SSSR count). The molecule has 7 heteroatoms. The number of aryl methyl sites for hydroxylation is 1. The third-order valence-electron chi connectivity index (χ3n) is 3.64.